The molecule has 0 saturated heterocycles. The maximum Gasteiger partial charge on any atom is 0.191 e. The van der Waals surface area contributed by atoms with Gasteiger partial charge in [0.05, 0.1) is 0 Å². The predicted molar refractivity (Wildman–Crippen MR) is 80.6 cm³/mol. The van der Waals surface area contributed by atoms with Crippen molar-refractivity contribution in [3.05, 3.63) is 34.6 Å². The highest BCUT2D eigenvalue weighted by molar-refractivity contribution is 9.10. The number of nitrogens with zero attached hydrogens (tertiary/aromatic N) is 3. The first-order valence-corrected chi connectivity index (χ1v) is 7.95. The van der Waals surface area contributed by atoms with E-state index in [0.29, 0.717) is 6.61 Å². The predicted octanol–water partition coefficient (Wildman–Crippen LogP) is 3.75. The Morgan fingerprint density at radius 1 is 1.21 bits per heavy atom. The van der Waals surface area contributed by atoms with Crippen LogP contribution in [0, 0.1) is 0 Å². The number of ether oxygens (including phenoxy) is 1. The Labute approximate surface area is 125 Å². The van der Waals surface area contributed by atoms with Crippen molar-refractivity contribution < 1.29 is 4.74 Å². The monoisotopic (exact) mass is 341 g/mol. The minimum Gasteiger partial charge on any atom is -0.486 e. The molecule has 0 N–H and O–H groups in total. The highest BCUT2D eigenvalue weighted by Crippen LogP contribution is 2.19. The largest absolute Gasteiger partial charge is 0.486 e. The molecule has 1 aromatic heterocycles. The van der Waals surface area contributed by atoms with Crippen LogP contribution in [0.25, 0.3) is 0 Å². The van der Waals surface area contributed by atoms with Crippen molar-refractivity contribution in [2.45, 2.75) is 32.2 Å². The van der Waals surface area contributed by atoms with Crippen molar-refractivity contribution in [3.8, 4) is 5.75 Å². The summed E-state index contributed by atoms with van der Waals surface area (Å²) in [6, 6.07) is 7.77. The van der Waals surface area contributed by atoms with Gasteiger partial charge in [0.2, 0.25) is 0 Å². The molecule has 19 heavy (non-hydrogen) atoms. The molecule has 0 spiro atoms. The second-order valence-electron chi connectivity index (χ2n) is 3.82. The normalized spacial score (nSPS) is 10.7. The first-order valence-electron chi connectivity index (χ1n) is 6.17. The molecule has 0 amide bonds. The van der Waals surface area contributed by atoms with Crippen molar-refractivity contribution in [1.29, 1.82) is 0 Å². The van der Waals surface area contributed by atoms with Crippen molar-refractivity contribution in [2.24, 2.45) is 0 Å². The van der Waals surface area contributed by atoms with E-state index in [0.717, 1.165) is 33.5 Å². The molecule has 1 heterocycles. The summed E-state index contributed by atoms with van der Waals surface area (Å²) in [6.45, 7) is 5.49. The number of benzene rings is 1. The Kier molecular flexibility index (Phi) is 5.27. The van der Waals surface area contributed by atoms with Crippen LogP contribution in [0.2, 0.25) is 0 Å². The maximum absolute atomic E-state index is 5.73. The van der Waals surface area contributed by atoms with Gasteiger partial charge in [0.25, 0.3) is 0 Å². The summed E-state index contributed by atoms with van der Waals surface area (Å²) >= 11 is 5.10. The van der Waals surface area contributed by atoms with E-state index in [2.05, 4.69) is 44.5 Å². The van der Waals surface area contributed by atoms with E-state index < -0.39 is 0 Å². The second-order valence-corrected chi connectivity index (χ2v) is 5.97. The third-order valence-electron chi connectivity index (χ3n) is 2.56. The number of hydrogen-bond acceptors (Lipinski definition) is 4. The maximum atomic E-state index is 5.73. The fraction of sp³-hybridized carbons (Fsp3) is 0.385. The molecule has 0 unspecified atom stereocenters. The Balaban J connectivity index is 2.04. The number of halogens is 1. The van der Waals surface area contributed by atoms with Gasteiger partial charge in [0, 0.05) is 11.0 Å². The zero-order valence-electron chi connectivity index (χ0n) is 11.0. The molecule has 0 radical (unpaired) electrons. The molecule has 0 bridgehead atoms. The lowest BCUT2D eigenvalue weighted by Crippen LogP contribution is -2.07. The van der Waals surface area contributed by atoms with Crippen LogP contribution in [-0.2, 0) is 13.2 Å². The summed E-state index contributed by atoms with van der Waals surface area (Å²) in [7, 11) is 0. The van der Waals surface area contributed by atoms with Crippen molar-refractivity contribution in [1.82, 2.24) is 14.8 Å². The molecule has 0 aliphatic carbocycles. The van der Waals surface area contributed by atoms with Crippen LogP contribution >= 0.6 is 27.7 Å². The molecule has 0 atom stereocenters. The molecule has 6 heteroatoms. The first-order chi connectivity index (χ1) is 9.24. The third-order valence-corrected chi connectivity index (χ3v) is 3.94. The van der Waals surface area contributed by atoms with Gasteiger partial charge in [0.15, 0.2) is 11.0 Å². The van der Waals surface area contributed by atoms with E-state index in [4.69, 9.17) is 4.74 Å². The summed E-state index contributed by atoms with van der Waals surface area (Å²) in [5.41, 5.74) is 0. The van der Waals surface area contributed by atoms with E-state index in [9.17, 15) is 0 Å². The molecular formula is C13H16BrN3OS. The van der Waals surface area contributed by atoms with Gasteiger partial charge in [-0.1, -0.05) is 34.6 Å². The highest BCUT2D eigenvalue weighted by atomic mass is 79.9. The van der Waals surface area contributed by atoms with E-state index in [1.165, 1.54) is 0 Å². The standard InChI is InChI=1S/C13H16BrN3OS/c1-3-17-12(15-16-13(17)19-4-2)9-18-11-7-5-10(14)6-8-11/h5-8H,3-4,9H2,1-2H3. The van der Waals surface area contributed by atoms with Crippen LogP contribution in [0.3, 0.4) is 0 Å². The van der Waals surface area contributed by atoms with Crippen LogP contribution in [0.4, 0.5) is 0 Å². The molecular weight excluding hydrogens is 326 g/mol. The second kappa shape index (κ2) is 6.96. The molecule has 0 fully saturated rings. The molecule has 2 aromatic rings. The lowest BCUT2D eigenvalue weighted by atomic mass is 10.3. The number of aromatic nitrogens is 3. The molecule has 0 saturated carbocycles. The van der Waals surface area contributed by atoms with Crippen LogP contribution in [0.15, 0.2) is 33.9 Å². The lowest BCUT2D eigenvalue weighted by Gasteiger charge is -2.08. The smallest absolute Gasteiger partial charge is 0.191 e. The van der Waals surface area contributed by atoms with Gasteiger partial charge < -0.3 is 9.30 Å². The molecule has 4 nitrogen and oxygen atoms in total. The molecule has 2 rings (SSSR count). The van der Waals surface area contributed by atoms with Gasteiger partial charge in [-0.3, -0.25) is 0 Å². The van der Waals surface area contributed by atoms with Crippen molar-refractivity contribution in [2.75, 3.05) is 5.75 Å². The van der Waals surface area contributed by atoms with Crippen LogP contribution < -0.4 is 4.74 Å². The fourth-order valence-electron chi connectivity index (χ4n) is 1.66. The highest BCUT2D eigenvalue weighted by Gasteiger charge is 2.10. The summed E-state index contributed by atoms with van der Waals surface area (Å²) in [5.74, 6) is 2.69. The van der Waals surface area contributed by atoms with Crippen LogP contribution in [-0.4, -0.2) is 20.5 Å². The van der Waals surface area contributed by atoms with Gasteiger partial charge >= 0.3 is 0 Å². The molecule has 0 aliphatic heterocycles. The van der Waals surface area contributed by atoms with Crippen LogP contribution in [0.1, 0.15) is 19.7 Å². The fourth-order valence-corrected chi connectivity index (χ4v) is 2.67. The summed E-state index contributed by atoms with van der Waals surface area (Å²) in [6.07, 6.45) is 0. The Morgan fingerprint density at radius 3 is 2.58 bits per heavy atom. The van der Waals surface area contributed by atoms with E-state index in [-0.39, 0.29) is 0 Å². The Hall–Kier alpha value is -1.01. The summed E-state index contributed by atoms with van der Waals surface area (Å²) in [4.78, 5) is 0. The topological polar surface area (TPSA) is 39.9 Å². The Bertz CT molecular complexity index is 527. The minimum absolute atomic E-state index is 0.437. The lowest BCUT2D eigenvalue weighted by molar-refractivity contribution is 0.288. The van der Waals surface area contributed by atoms with Gasteiger partial charge in [-0.15, -0.1) is 10.2 Å². The quantitative estimate of drug-likeness (QED) is 0.750. The SMILES string of the molecule is CCSc1nnc(COc2ccc(Br)cc2)n1CC. The van der Waals surface area contributed by atoms with E-state index in [1.807, 2.05) is 24.3 Å². The third kappa shape index (κ3) is 3.73. The number of rotatable bonds is 6. The average Bonchev–Trinajstić information content (AvgIpc) is 2.81. The number of thioether (sulfide) groups is 1. The van der Waals surface area contributed by atoms with Crippen molar-refractivity contribution in [3.63, 3.8) is 0 Å². The van der Waals surface area contributed by atoms with Gasteiger partial charge in [-0.25, -0.2) is 0 Å². The minimum atomic E-state index is 0.437. The summed E-state index contributed by atoms with van der Waals surface area (Å²) < 4.78 is 8.86. The molecule has 0 aliphatic rings. The van der Waals surface area contributed by atoms with E-state index in [1.54, 1.807) is 11.8 Å². The molecule has 102 valence electrons. The van der Waals surface area contributed by atoms with E-state index >= 15 is 0 Å². The first kappa shape index (κ1) is 14.4. The van der Waals surface area contributed by atoms with Crippen molar-refractivity contribution >= 4 is 27.7 Å². The van der Waals surface area contributed by atoms with Gasteiger partial charge in [-0.2, -0.15) is 0 Å². The zero-order chi connectivity index (χ0) is 13.7. The Morgan fingerprint density at radius 2 is 1.95 bits per heavy atom. The zero-order valence-corrected chi connectivity index (χ0v) is 13.4. The number of hydrogen-bond donors (Lipinski definition) is 0. The summed E-state index contributed by atoms with van der Waals surface area (Å²) in [5, 5.41) is 9.35. The van der Waals surface area contributed by atoms with Crippen LogP contribution in [0.5, 0.6) is 5.75 Å². The average molecular weight is 342 g/mol. The van der Waals surface area contributed by atoms with Gasteiger partial charge in [0.1, 0.15) is 12.4 Å². The molecule has 1 aromatic carbocycles. The van der Waals surface area contributed by atoms with Gasteiger partial charge in [-0.05, 0) is 36.9 Å².